The number of amides is 1. The minimum Gasteiger partial charge on any atom is -0.444 e. The first-order valence-electron chi connectivity index (χ1n) is 6.81. The van der Waals surface area contributed by atoms with E-state index in [4.69, 9.17) is 9.47 Å². The predicted molar refractivity (Wildman–Crippen MR) is 72.0 cm³/mol. The first-order chi connectivity index (χ1) is 8.70. The number of hydrogen-bond donors (Lipinski definition) is 0. The van der Waals surface area contributed by atoms with Gasteiger partial charge in [0.25, 0.3) is 0 Å². The molecule has 0 radical (unpaired) electrons. The third kappa shape index (κ3) is 5.19. The van der Waals surface area contributed by atoms with Crippen LogP contribution in [0.1, 0.15) is 41.0 Å². The summed E-state index contributed by atoms with van der Waals surface area (Å²) in [7, 11) is 0. The number of Topliss-reactive ketones (excluding diaryl/α,β-unsaturated/α-hetero) is 1. The topological polar surface area (TPSA) is 55.8 Å². The Morgan fingerprint density at radius 3 is 2.53 bits per heavy atom. The standard InChI is InChI=1S/C14H25NO4/c1-10(2)8-12(16)11-9-18-7-6-15(11)13(17)19-14(3,4)5/h10-11H,6-9H2,1-5H3. The van der Waals surface area contributed by atoms with Gasteiger partial charge in [0.1, 0.15) is 11.6 Å². The Morgan fingerprint density at radius 2 is 2.00 bits per heavy atom. The van der Waals surface area contributed by atoms with Gasteiger partial charge < -0.3 is 9.47 Å². The fourth-order valence-corrected chi connectivity index (χ4v) is 1.95. The molecule has 0 N–H and O–H groups in total. The van der Waals surface area contributed by atoms with E-state index in [0.717, 1.165) is 0 Å². The number of nitrogens with zero attached hydrogens (tertiary/aromatic N) is 1. The summed E-state index contributed by atoms with van der Waals surface area (Å²) in [6.07, 6.45) is 0.0192. The van der Waals surface area contributed by atoms with Crippen molar-refractivity contribution in [3.8, 4) is 0 Å². The molecule has 0 aromatic rings. The van der Waals surface area contributed by atoms with Gasteiger partial charge in [-0.1, -0.05) is 13.8 Å². The second kappa shape index (κ2) is 6.37. The summed E-state index contributed by atoms with van der Waals surface area (Å²) >= 11 is 0. The average molecular weight is 271 g/mol. The predicted octanol–water partition coefficient (Wildman–Crippen LogP) is 2.24. The van der Waals surface area contributed by atoms with E-state index in [9.17, 15) is 9.59 Å². The molecule has 5 heteroatoms. The molecule has 1 atom stereocenters. The summed E-state index contributed by atoms with van der Waals surface area (Å²) in [6, 6.07) is -0.508. The lowest BCUT2D eigenvalue weighted by molar-refractivity contribution is -0.130. The van der Waals surface area contributed by atoms with Crippen LogP contribution in [0.25, 0.3) is 0 Å². The van der Waals surface area contributed by atoms with E-state index in [0.29, 0.717) is 19.6 Å². The molecule has 19 heavy (non-hydrogen) atoms. The highest BCUT2D eigenvalue weighted by molar-refractivity contribution is 5.88. The molecule has 1 aliphatic heterocycles. The SMILES string of the molecule is CC(C)CC(=O)C1COCCN1C(=O)OC(C)(C)C. The van der Waals surface area contributed by atoms with Crippen LogP contribution in [0.4, 0.5) is 4.79 Å². The largest absolute Gasteiger partial charge is 0.444 e. The van der Waals surface area contributed by atoms with Crippen LogP contribution >= 0.6 is 0 Å². The second-order valence-corrected chi connectivity index (χ2v) is 6.33. The van der Waals surface area contributed by atoms with Gasteiger partial charge in [0.2, 0.25) is 0 Å². The number of hydrogen-bond acceptors (Lipinski definition) is 4. The Kier molecular flexibility index (Phi) is 5.35. The summed E-state index contributed by atoms with van der Waals surface area (Å²) in [5.41, 5.74) is -0.555. The van der Waals surface area contributed by atoms with E-state index >= 15 is 0 Å². The molecule has 1 amide bonds. The van der Waals surface area contributed by atoms with E-state index in [1.54, 1.807) is 0 Å². The third-order valence-corrected chi connectivity index (χ3v) is 2.74. The average Bonchev–Trinajstić information content (AvgIpc) is 2.25. The number of ether oxygens (including phenoxy) is 2. The van der Waals surface area contributed by atoms with E-state index in [-0.39, 0.29) is 18.3 Å². The molecule has 0 aromatic carbocycles. The Morgan fingerprint density at radius 1 is 1.37 bits per heavy atom. The van der Waals surface area contributed by atoms with Gasteiger partial charge in [0.15, 0.2) is 5.78 Å². The highest BCUT2D eigenvalue weighted by Gasteiger charge is 2.35. The van der Waals surface area contributed by atoms with Crippen LogP contribution in [0.5, 0.6) is 0 Å². The second-order valence-electron chi connectivity index (χ2n) is 6.33. The van der Waals surface area contributed by atoms with Crippen molar-refractivity contribution < 1.29 is 19.1 Å². The molecule has 1 saturated heterocycles. The van der Waals surface area contributed by atoms with Crippen LogP contribution in [-0.4, -0.2) is 48.2 Å². The quantitative estimate of drug-likeness (QED) is 0.790. The monoisotopic (exact) mass is 271 g/mol. The molecule has 1 rings (SSSR count). The van der Waals surface area contributed by atoms with Crippen LogP contribution in [-0.2, 0) is 14.3 Å². The Hall–Kier alpha value is -1.10. The zero-order chi connectivity index (χ0) is 14.6. The molecule has 0 saturated carbocycles. The third-order valence-electron chi connectivity index (χ3n) is 2.74. The zero-order valence-corrected chi connectivity index (χ0v) is 12.6. The van der Waals surface area contributed by atoms with Crippen molar-refractivity contribution in [2.24, 2.45) is 5.92 Å². The van der Waals surface area contributed by atoms with Gasteiger partial charge in [-0.15, -0.1) is 0 Å². The highest BCUT2D eigenvalue weighted by Crippen LogP contribution is 2.17. The number of carbonyl (C=O) groups excluding carboxylic acids is 2. The fraction of sp³-hybridized carbons (Fsp3) is 0.857. The van der Waals surface area contributed by atoms with Crippen molar-refractivity contribution in [2.75, 3.05) is 19.8 Å². The molecule has 0 spiro atoms. The molecule has 1 heterocycles. The highest BCUT2D eigenvalue weighted by atomic mass is 16.6. The minimum atomic E-state index is -0.555. The molecule has 5 nitrogen and oxygen atoms in total. The van der Waals surface area contributed by atoms with Gasteiger partial charge in [-0.2, -0.15) is 0 Å². The molecule has 1 fully saturated rings. The summed E-state index contributed by atoms with van der Waals surface area (Å²) in [6.45, 7) is 10.5. The Bertz CT molecular complexity index is 333. The number of carbonyl (C=O) groups is 2. The number of rotatable bonds is 3. The molecule has 0 aromatic heterocycles. The van der Waals surface area contributed by atoms with Crippen molar-refractivity contribution in [1.82, 2.24) is 4.90 Å². The van der Waals surface area contributed by atoms with Crippen LogP contribution < -0.4 is 0 Å². The van der Waals surface area contributed by atoms with Gasteiger partial charge in [-0.05, 0) is 26.7 Å². The molecular weight excluding hydrogens is 246 g/mol. The van der Waals surface area contributed by atoms with Crippen molar-refractivity contribution in [3.05, 3.63) is 0 Å². The Labute approximate surface area is 115 Å². The summed E-state index contributed by atoms with van der Waals surface area (Å²) < 4.78 is 10.7. The fourth-order valence-electron chi connectivity index (χ4n) is 1.95. The van der Waals surface area contributed by atoms with Gasteiger partial charge in [0, 0.05) is 13.0 Å². The molecule has 1 aliphatic rings. The maximum Gasteiger partial charge on any atom is 0.411 e. The van der Waals surface area contributed by atoms with Crippen molar-refractivity contribution in [1.29, 1.82) is 0 Å². The summed E-state index contributed by atoms with van der Waals surface area (Å²) in [5, 5.41) is 0. The van der Waals surface area contributed by atoms with E-state index < -0.39 is 17.7 Å². The summed E-state index contributed by atoms with van der Waals surface area (Å²) in [4.78, 5) is 25.8. The van der Waals surface area contributed by atoms with Gasteiger partial charge in [-0.3, -0.25) is 9.69 Å². The van der Waals surface area contributed by atoms with Crippen molar-refractivity contribution in [3.63, 3.8) is 0 Å². The van der Waals surface area contributed by atoms with Crippen LogP contribution in [0.15, 0.2) is 0 Å². The lowest BCUT2D eigenvalue weighted by Gasteiger charge is -2.36. The molecule has 0 aliphatic carbocycles. The lowest BCUT2D eigenvalue weighted by atomic mass is 10.0. The zero-order valence-electron chi connectivity index (χ0n) is 12.6. The van der Waals surface area contributed by atoms with Gasteiger partial charge in [0.05, 0.1) is 13.2 Å². The first kappa shape index (κ1) is 16.0. The molecule has 1 unspecified atom stereocenters. The summed E-state index contributed by atoms with van der Waals surface area (Å²) in [5.74, 6) is 0.315. The minimum absolute atomic E-state index is 0.0422. The molecular formula is C14H25NO4. The van der Waals surface area contributed by atoms with E-state index in [2.05, 4.69) is 0 Å². The van der Waals surface area contributed by atoms with E-state index in [1.165, 1.54) is 4.90 Å². The van der Waals surface area contributed by atoms with Crippen molar-refractivity contribution >= 4 is 11.9 Å². The van der Waals surface area contributed by atoms with Gasteiger partial charge in [-0.25, -0.2) is 4.79 Å². The van der Waals surface area contributed by atoms with Crippen molar-refractivity contribution in [2.45, 2.75) is 52.7 Å². The van der Waals surface area contributed by atoms with Crippen LogP contribution in [0, 0.1) is 5.92 Å². The molecule has 110 valence electrons. The number of ketones is 1. The maximum atomic E-state index is 12.2. The van der Waals surface area contributed by atoms with Crippen LogP contribution in [0.2, 0.25) is 0 Å². The molecule has 0 bridgehead atoms. The lowest BCUT2D eigenvalue weighted by Crippen LogP contribution is -2.54. The normalized spacial score (nSPS) is 20.5. The van der Waals surface area contributed by atoms with Gasteiger partial charge >= 0.3 is 6.09 Å². The first-order valence-corrected chi connectivity index (χ1v) is 6.81. The van der Waals surface area contributed by atoms with Crippen LogP contribution in [0.3, 0.4) is 0 Å². The number of morpholine rings is 1. The smallest absolute Gasteiger partial charge is 0.411 e. The maximum absolute atomic E-state index is 12.2. The Balaban J connectivity index is 2.72. The van der Waals surface area contributed by atoms with E-state index in [1.807, 2.05) is 34.6 Å².